The van der Waals surface area contributed by atoms with E-state index in [0.717, 1.165) is 5.56 Å². The average molecular weight is 260 g/mol. The fourth-order valence-corrected chi connectivity index (χ4v) is 2.04. The van der Waals surface area contributed by atoms with Crippen LogP contribution in [-0.2, 0) is 9.22 Å². The topological polar surface area (TPSA) is 26.3 Å². The van der Waals surface area contributed by atoms with Gasteiger partial charge in [-0.05, 0) is 31.6 Å². The minimum absolute atomic E-state index is 0.271. The summed E-state index contributed by atoms with van der Waals surface area (Å²) < 4.78 is 5.37. The lowest BCUT2D eigenvalue weighted by Crippen LogP contribution is -2.29. The molecule has 0 aliphatic heterocycles. The molecule has 0 aliphatic rings. The lowest BCUT2D eigenvalue weighted by atomic mass is 10.1. The highest BCUT2D eigenvalue weighted by molar-refractivity contribution is 6.71. The van der Waals surface area contributed by atoms with Gasteiger partial charge in [-0.2, -0.15) is 0 Å². The number of carbonyl (C=O) groups excluding carboxylic acids is 1. The molecular weight excluding hydrogens is 240 g/mol. The molecule has 0 amide bonds. The van der Waals surface area contributed by atoms with Gasteiger partial charge in [-0.1, -0.05) is 49.1 Å². The Balaban J connectivity index is 2.47. The van der Waals surface area contributed by atoms with Crippen molar-refractivity contribution in [2.24, 2.45) is 0 Å². The summed E-state index contributed by atoms with van der Waals surface area (Å²) in [6.45, 7) is 9.72. The van der Waals surface area contributed by atoms with E-state index in [4.69, 9.17) is 4.43 Å². The molecule has 0 heterocycles. The summed E-state index contributed by atoms with van der Waals surface area (Å²) in [5, 5.41) is 0. The minimum Gasteiger partial charge on any atom is -0.517 e. The second kappa shape index (κ2) is 6.35. The van der Waals surface area contributed by atoms with Crippen molar-refractivity contribution in [3.63, 3.8) is 0 Å². The second-order valence-corrected chi connectivity index (χ2v) is 9.55. The zero-order valence-corrected chi connectivity index (χ0v) is 12.3. The fourth-order valence-electron chi connectivity index (χ4n) is 1.34. The van der Waals surface area contributed by atoms with Crippen LogP contribution in [0.2, 0.25) is 19.6 Å². The third-order valence-corrected chi connectivity index (χ3v) is 2.96. The second-order valence-electron chi connectivity index (χ2n) is 5.12. The highest BCUT2D eigenvalue weighted by atomic mass is 28.4. The maximum Gasteiger partial charge on any atom is 0.320 e. The van der Waals surface area contributed by atoms with Crippen molar-refractivity contribution >= 4 is 20.4 Å². The smallest absolute Gasteiger partial charge is 0.320 e. The summed E-state index contributed by atoms with van der Waals surface area (Å²) >= 11 is 0. The highest BCUT2D eigenvalue weighted by Gasteiger charge is 2.20. The van der Waals surface area contributed by atoms with Crippen LogP contribution in [0.3, 0.4) is 0 Å². The van der Waals surface area contributed by atoms with Gasteiger partial charge in [0, 0.05) is 5.57 Å². The first kappa shape index (κ1) is 14.4. The summed E-state index contributed by atoms with van der Waals surface area (Å²) in [6.07, 6.45) is 4.44. The summed E-state index contributed by atoms with van der Waals surface area (Å²) in [6, 6.07) is 9.96. The first-order valence-corrected chi connectivity index (χ1v) is 9.42. The van der Waals surface area contributed by atoms with Crippen LogP contribution >= 0.6 is 0 Å². The van der Waals surface area contributed by atoms with Gasteiger partial charge in [0.2, 0.25) is 8.32 Å². The zero-order chi connectivity index (χ0) is 13.6. The molecule has 0 saturated heterocycles. The van der Waals surface area contributed by atoms with Gasteiger partial charge in [0.05, 0.1) is 0 Å². The Labute approximate surface area is 110 Å². The van der Waals surface area contributed by atoms with Crippen molar-refractivity contribution in [3.8, 4) is 0 Å². The van der Waals surface area contributed by atoms with Crippen LogP contribution < -0.4 is 0 Å². The van der Waals surface area contributed by atoms with E-state index in [1.54, 1.807) is 0 Å². The van der Waals surface area contributed by atoms with Crippen molar-refractivity contribution in [3.05, 3.63) is 54.1 Å². The predicted octanol–water partition coefficient (Wildman–Crippen LogP) is 4.02. The van der Waals surface area contributed by atoms with E-state index in [1.165, 1.54) is 0 Å². The molecule has 0 aliphatic carbocycles. The Kier molecular flexibility index (Phi) is 5.10. The van der Waals surface area contributed by atoms with E-state index in [2.05, 4.69) is 6.58 Å². The third kappa shape index (κ3) is 5.64. The molecule has 0 atom stereocenters. The molecule has 1 aromatic rings. The van der Waals surface area contributed by atoms with Crippen molar-refractivity contribution in [1.29, 1.82) is 0 Å². The van der Waals surface area contributed by atoms with Crippen LogP contribution in [0.5, 0.6) is 0 Å². The number of rotatable bonds is 5. The van der Waals surface area contributed by atoms with E-state index in [-0.39, 0.29) is 5.97 Å². The van der Waals surface area contributed by atoms with Gasteiger partial charge in [0.15, 0.2) is 0 Å². The van der Waals surface area contributed by atoms with Gasteiger partial charge in [-0.25, -0.2) is 4.79 Å². The molecule has 18 heavy (non-hydrogen) atoms. The SMILES string of the molecule is C=C(C/C=C/c1ccccc1)C(=O)O[Si](C)(C)C. The van der Waals surface area contributed by atoms with Gasteiger partial charge in [-0.15, -0.1) is 0 Å². The van der Waals surface area contributed by atoms with Gasteiger partial charge in [0.1, 0.15) is 0 Å². The van der Waals surface area contributed by atoms with E-state index in [0.29, 0.717) is 12.0 Å². The number of allylic oxidation sites excluding steroid dienone is 1. The van der Waals surface area contributed by atoms with Crippen LogP contribution in [0.1, 0.15) is 12.0 Å². The maximum atomic E-state index is 11.7. The molecule has 1 rings (SSSR count). The fraction of sp³-hybridized carbons (Fsp3) is 0.267. The first-order chi connectivity index (χ1) is 8.38. The van der Waals surface area contributed by atoms with Gasteiger partial charge in [0.25, 0.3) is 0 Å². The van der Waals surface area contributed by atoms with Crippen LogP contribution in [0, 0.1) is 0 Å². The standard InChI is InChI=1S/C15H20O2Si/c1-13(15(16)17-18(2,3)4)9-8-12-14-10-6-5-7-11-14/h5-8,10-12H,1,9H2,2-4H3/b12-8+. The van der Waals surface area contributed by atoms with Gasteiger partial charge >= 0.3 is 5.97 Å². The van der Waals surface area contributed by atoms with Gasteiger partial charge < -0.3 is 4.43 Å². The van der Waals surface area contributed by atoms with Crippen molar-refractivity contribution in [2.75, 3.05) is 0 Å². The van der Waals surface area contributed by atoms with Crippen molar-refractivity contribution < 1.29 is 9.22 Å². The minimum atomic E-state index is -1.82. The van der Waals surface area contributed by atoms with E-state index >= 15 is 0 Å². The van der Waals surface area contributed by atoms with Crippen molar-refractivity contribution in [2.45, 2.75) is 26.1 Å². The largest absolute Gasteiger partial charge is 0.517 e. The lowest BCUT2D eigenvalue weighted by Gasteiger charge is -2.17. The monoisotopic (exact) mass is 260 g/mol. The number of hydrogen-bond donors (Lipinski definition) is 0. The lowest BCUT2D eigenvalue weighted by molar-refractivity contribution is -0.130. The molecule has 96 valence electrons. The van der Waals surface area contributed by atoms with E-state index < -0.39 is 8.32 Å². The summed E-state index contributed by atoms with van der Waals surface area (Å²) in [5.41, 5.74) is 1.62. The maximum absolute atomic E-state index is 11.7. The van der Waals surface area contributed by atoms with Crippen LogP contribution in [0.15, 0.2) is 48.6 Å². The van der Waals surface area contributed by atoms with Crippen LogP contribution in [0.4, 0.5) is 0 Å². The number of hydrogen-bond acceptors (Lipinski definition) is 2. The molecular formula is C15H20O2Si. The molecule has 0 aromatic heterocycles. The molecule has 0 bridgehead atoms. The molecule has 2 nitrogen and oxygen atoms in total. The highest BCUT2D eigenvalue weighted by Crippen LogP contribution is 2.11. The van der Waals surface area contributed by atoms with Crippen molar-refractivity contribution in [1.82, 2.24) is 0 Å². The van der Waals surface area contributed by atoms with E-state index in [9.17, 15) is 4.79 Å². The molecule has 1 aromatic carbocycles. The predicted molar refractivity (Wildman–Crippen MR) is 78.7 cm³/mol. The first-order valence-electron chi connectivity index (χ1n) is 6.01. The third-order valence-electron chi connectivity index (χ3n) is 2.16. The molecule has 0 N–H and O–H groups in total. The average Bonchev–Trinajstić information content (AvgIpc) is 2.28. The summed E-state index contributed by atoms with van der Waals surface area (Å²) in [5.74, 6) is -0.271. The molecule has 0 fully saturated rings. The molecule has 0 unspecified atom stereocenters. The number of benzene rings is 1. The van der Waals surface area contributed by atoms with E-state index in [1.807, 2.05) is 62.1 Å². The Morgan fingerprint density at radius 3 is 2.44 bits per heavy atom. The Hall–Kier alpha value is -1.61. The Morgan fingerprint density at radius 1 is 1.28 bits per heavy atom. The molecule has 3 heteroatoms. The molecule has 0 radical (unpaired) electrons. The number of carbonyl (C=O) groups is 1. The van der Waals surface area contributed by atoms with Crippen LogP contribution in [-0.4, -0.2) is 14.3 Å². The zero-order valence-electron chi connectivity index (χ0n) is 11.3. The Bertz CT molecular complexity index is 441. The van der Waals surface area contributed by atoms with Crippen LogP contribution in [0.25, 0.3) is 6.08 Å². The molecule has 0 saturated carbocycles. The summed E-state index contributed by atoms with van der Waals surface area (Å²) in [4.78, 5) is 11.7. The normalized spacial score (nSPS) is 11.5. The molecule has 0 spiro atoms. The van der Waals surface area contributed by atoms with Gasteiger partial charge in [-0.3, -0.25) is 0 Å². The Morgan fingerprint density at radius 2 is 1.89 bits per heavy atom. The summed E-state index contributed by atoms with van der Waals surface area (Å²) in [7, 11) is -1.82. The quantitative estimate of drug-likeness (QED) is 0.590.